The quantitative estimate of drug-likeness (QED) is 0.582. The average molecular weight is 281 g/mol. The number of aryl methyl sites for hydroxylation is 1. The lowest BCUT2D eigenvalue weighted by Crippen LogP contribution is -2.07. The first-order valence-electron chi connectivity index (χ1n) is 7.96. The predicted molar refractivity (Wildman–Crippen MR) is 88.8 cm³/mol. The van der Waals surface area contributed by atoms with Crippen molar-refractivity contribution >= 4 is 11.4 Å². The Bertz CT molecular complexity index is 633. The van der Waals surface area contributed by atoms with Gasteiger partial charge in [0, 0.05) is 0 Å². The first kappa shape index (κ1) is 14.0. The van der Waals surface area contributed by atoms with Crippen molar-refractivity contribution in [3.63, 3.8) is 0 Å². The highest BCUT2D eigenvalue weighted by atomic mass is 16.5. The molecule has 21 heavy (non-hydrogen) atoms. The Morgan fingerprint density at radius 1 is 0.952 bits per heavy atom. The summed E-state index contributed by atoms with van der Waals surface area (Å²) in [5.41, 5.74) is 4.97. The lowest BCUT2D eigenvalue weighted by molar-refractivity contribution is 0.480. The number of nitrogens with one attached hydrogen (secondary N) is 1. The summed E-state index contributed by atoms with van der Waals surface area (Å²) in [6.45, 7) is 4.44. The normalized spacial score (nSPS) is 12.1. The average Bonchev–Trinajstić information content (AvgIpc) is 2.51. The van der Waals surface area contributed by atoms with E-state index in [1.54, 1.807) is 0 Å². The summed E-state index contributed by atoms with van der Waals surface area (Å²) in [6.07, 6.45) is 6.26. The minimum absolute atomic E-state index is 0.908. The summed E-state index contributed by atoms with van der Waals surface area (Å²) < 4.78 is 6.04. The van der Waals surface area contributed by atoms with E-state index in [1.807, 2.05) is 18.2 Å². The summed E-state index contributed by atoms with van der Waals surface area (Å²) >= 11 is 0. The van der Waals surface area contributed by atoms with Crippen LogP contribution in [-0.4, -0.2) is 0 Å². The van der Waals surface area contributed by atoms with Crippen LogP contribution in [0.5, 0.6) is 11.5 Å². The number of hydrogen-bond acceptors (Lipinski definition) is 2. The Morgan fingerprint density at radius 3 is 2.67 bits per heavy atom. The molecule has 0 aromatic heterocycles. The van der Waals surface area contributed by atoms with Gasteiger partial charge in [-0.1, -0.05) is 44.4 Å². The smallest absolute Gasteiger partial charge is 0.151 e. The molecule has 2 aromatic carbocycles. The van der Waals surface area contributed by atoms with Gasteiger partial charge in [0.05, 0.1) is 11.4 Å². The molecule has 2 aromatic rings. The van der Waals surface area contributed by atoms with E-state index >= 15 is 0 Å². The third kappa shape index (κ3) is 2.90. The van der Waals surface area contributed by atoms with Gasteiger partial charge in [0.25, 0.3) is 0 Å². The maximum atomic E-state index is 6.04. The Kier molecular flexibility index (Phi) is 4.14. The lowest BCUT2D eigenvalue weighted by atomic mass is 9.98. The zero-order valence-corrected chi connectivity index (χ0v) is 12.9. The van der Waals surface area contributed by atoms with Gasteiger partial charge in [-0.25, -0.2) is 0 Å². The number of rotatable bonds is 5. The molecular formula is C19H23NO. The summed E-state index contributed by atoms with van der Waals surface area (Å²) in [4.78, 5) is 0. The number of anilines is 2. The van der Waals surface area contributed by atoms with Crippen molar-refractivity contribution in [3.8, 4) is 11.5 Å². The number of ether oxygens (including phenoxy) is 1. The van der Waals surface area contributed by atoms with Crippen LogP contribution in [-0.2, 0) is 6.42 Å². The van der Waals surface area contributed by atoms with E-state index < -0.39 is 0 Å². The van der Waals surface area contributed by atoms with Crippen LogP contribution < -0.4 is 10.1 Å². The van der Waals surface area contributed by atoms with Gasteiger partial charge in [0.2, 0.25) is 0 Å². The molecular weight excluding hydrogens is 258 g/mol. The Labute approximate surface area is 127 Å². The summed E-state index contributed by atoms with van der Waals surface area (Å²) in [5, 5.41) is 3.57. The third-order valence-corrected chi connectivity index (χ3v) is 4.16. The highest BCUT2D eigenvalue weighted by molar-refractivity contribution is 5.78. The summed E-state index contributed by atoms with van der Waals surface area (Å²) in [7, 11) is 0. The molecule has 1 aliphatic rings. The fraction of sp³-hybridized carbons (Fsp3) is 0.368. The Morgan fingerprint density at radius 2 is 1.81 bits per heavy atom. The van der Waals surface area contributed by atoms with Crippen molar-refractivity contribution in [1.82, 2.24) is 0 Å². The maximum Gasteiger partial charge on any atom is 0.151 e. The molecule has 3 rings (SSSR count). The van der Waals surface area contributed by atoms with Gasteiger partial charge in [-0.05, 0) is 49.1 Å². The Hall–Kier alpha value is -1.96. The number of unbranched alkanes of at least 4 members (excludes halogenated alkanes) is 3. The molecule has 0 aliphatic carbocycles. The zero-order chi connectivity index (χ0) is 14.7. The minimum atomic E-state index is 0.908. The highest BCUT2D eigenvalue weighted by Crippen LogP contribution is 2.44. The van der Waals surface area contributed by atoms with Gasteiger partial charge in [0.15, 0.2) is 11.5 Å². The lowest BCUT2D eigenvalue weighted by Gasteiger charge is -2.25. The molecule has 0 amide bonds. The number of para-hydroxylation sites is 2. The van der Waals surface area contributed by atoms with E-state index in [0.29, 0.717) is 0 Å². The van der Waals surface area contributed by atoms with E-state index in [0.717, 1.165) is 29.3 Å². The van der Waals surface area contributed by atoms with Gasteiger partial charge in [-0.15, -0.1) is 0 Å². The molecule has 0 bridgehead atoms. The van der Waals surface area contributed by atoms with Crippen LogP contribution in [0.2, 0.25) is 0 Å². The van der Waals surface area contributed by atoms with Crippen LogP contribution in [0.3, 0.4) is 0 Å². The monoisotopic (exact) mass is 281 g/mol. The molecule has 0 fully saturated rings. The number of hydrogen-bond donors (Lipinski definition) is 1. The molecule has 0 saturated heterocycles. The van der Waals surface area contributed by atoms with Crippen LogP contribution in [0.25, 0.3) is 0 Å². The van der Waals surface area contributed by atoms with Crippen LogP contribution >= 0.6 is 0 Å². The van der Waals surface area contributed by atoms with Crippen molar-refractivity contribution in [1.29, 1.82) is 0 Å². The van der Waals surface area contributed by atoms with Crippen molar-refractivity contribution in [3.05, 3.63) is 47.5 Å². The molecule has 1 N–H and O–H groups in total. The predicted octanol–water partition coefficient (Wildman–Crippen LogP) is 5.97. The van der Waals surface area contributed by atoms with E-state index in [2.05, 4.69) is 37.4 Å². The molecule has 110 valence electrons. The van der Waals surface area contributed by atoms with Gasteiger partial charge >= 0.3 is 0 Å². The number of benzene rings is 2. The molecule has 1 heterocycles. The third-order valence-electron chi connectivity index (χ3n) is 4.16. The van der Waals surface area contributed by atoms with Crippen molar-refractivity contribution < 1.29 is 4.74 Å². The molecule has 2 nitrogen and oxygen atoms in total. The van der Waals surface area contributed by atoms with Crippen LogP contribution in [0.4, 0.5) is 11.4 Å². The van der Waals surface area contributed by atoms with E-state index in [9.17, 15) is 0 Å². The standard InChI is InChI=1S/C19H23NO/c1-3-4-5-6-9-15-14(2)12-13-18-19(15)20-16-10-7-8-11-17(16)21-18/h7-8,10-13,20H,3-6,9H2,1-2H3. The van der Waals surface area contributed by atoms with Crippen molar-refractivity contribution in [2.45, 2.75) is 46.0 Å². The minimum Gasteiger partial charge on any atom is -0.453 e. The molecule has 2 heteroatoms. The molecule has 0 spiro atoms. The molecule has 0 radical (unpaired) electrons. The SMILES string of the molecule is CCCCCCc1c(C)ccc2c1Nc1ccccc1O2. The van der Waals surface area contributed by atoms with Gasteiger partial charge in [-0.3, -0.25) is 0 Å². The van der Waals surface area contributed by atoms with E-state index in [1.165, 1.54) is 36.8 Å². The van der Waals surface area contributed by atoms with Crippen LogP contribution in [0.15, 0.2) is 36.4 Å². The van der Waals surface area contributed by atoms with Crippen LogP contribution in [0, 0.1) is 6.92 Å². The molecule has 0 unspecified atom stereocenters. The first-order chi connectivity index (χ1) is 10.3. The highest BCUT2D eigenvalue weighted by Gasteiger charge is 2.19. The van der Waals surface area contributed by atoms with Gasteiger partial charge < -0.3 is 10.1 Å². The maximum absolute atomic E-state index is 6.04. The second-order valence-electron chi connectivity index (χ2n) is 5.77. The Balaban J connectivity index is 1.86. The fourth-order valence-corrected chi connectivity index (χ4v) is 2.92. The second kappa shape index (κ2) is 6.21. The largest absolute Gasteiger partial charge is 0.453 e. The summed E-state index contributed by atoms with van der Waals surface area (Å²) in [5.74, 6) is 1.86. The van der Waals surface area contributed by atoms with E-state index in [4.69, 9.17) is 4.74 Å². The van der Waals surface area contributed by atoms with Gasteiger partial charge in [-0.2, -0.15) is 0 Å². The zero-order valence-electron chi connectivity index (χ0n) is 12.9. The van der Waals surface area contributed by atoms with Crippen molar-refractivity contribution in [2.75, 3.05) is 5.32 Å². The summed E-state index contributed by atoms with van der Waals surface area (Å²) in [6, 6.07) is 12.4. The second-order valence-corrected chi connectivity index (χ2v) is 5.77. The number of fused-ring (bicyclic) bond motifs is 2. The first-order valence-corrected chi connectivity index (χ1v) is 7.96. The fourth-order valence-electron chi connectivity index (χ4n) is 2.92. The van der Waals surface area contributed by atoms with E-state index in [-0.39, 0.29) is 0 Å². The van der Waals surface area contributed by atoms with Gasteiger partial charge in [0.1, 0.15) is 0 Å². The molecule has 1 aliphatic heterocycles. The topological polar surface area (TPSA) is 21.3 Å². The molecule has 0 saturated carbocycles. The molecule has 0 atom stereocenters. The van der Waals surface area contributed by atoms with Crippen LogP contribution in [0.1, 0.15) is 43.7 Å². The van der Waals surface area contributed by atoms with Crippen molar-refractivity contribution in [2.24, 2.45) is 0 Å².